The number of rotatable bonds is 2. The smallest absolute Gasteiger partial charge is 0.330 e. The fraction of sp³-hybridized carbons (Fsp3) is 0.714. The molecule has 4 aliphatic rings. The molecule has 90 valence electrons. The minimum Gasteiger partial charge on any atom is -0.454 e. The monoisotopic (exact) mass is 231 g/mol. The zero-order chi connectivity index (χ0) is 12.0. The van der Waals surface area contributed by atoms with Crippen molar-refractivity contribution in [3.05, 3.63) is 12.7 Å². The molecule has 4 bridgehead atoms. The van der Waals surface area contributed by atoms with E-state index >= 15 is 0 Å². The van der Waals surface area contributed by atoms with Crippen molar-refractivity contribution >= 4 is 5.97 Å². The summed E-state index contributed by atoms with van der Waals surface area (Å²) in [6.45, 7) is 3.45. The molecule has 0 amide bonds. The molecular formula is C14H17NO2. The second-order valence-electron chi connectivity index (χ2n) is 5.90. The number of ether oxygens (including phenoxy) is 1. The molecule has 3 heteroatoms. The average molecular weight is 231 g/mol. The molecule has 0 aromatic heterocycles. The first kappa shape index (κ1) is 10.8. The quantitative estimate of drug-likeness (QED) is 0.541. The Kier molecular flexibility index (Phi) is 2.29. The van der Waals surface area contributed by atoms with Crippen LogP contribution in [-0.2, 0) is 9.53 Å². The standard InChI is InChI=1S/C14H17NO2/c1-2-13(16)17-14-6-9-3-10(7-14)5-11(4-9)12(14)8-15/h2,9-12H,1,3-7H2. The number of carbonyl (C=O) groups is 1. The summed E-state index contributed by atoms with van der Waals surface area (Å²) >= 11 is 0. The van der Waals surface area contributed by atoms with Crippen LogP contribution >= 0.6 is 0 Å². The Labute approximate surface area is 101 Å². The summed E-state index contributed by atoms with van der Waals surface area (Å²) in [4.78, 5) is 11.5. The topological polar surface area (TPSA) is 50.1 Å². The molecule has 0 aromatic carbocycles. The molecule has 0 aromatic rings. The van der Waals surface area contributed by atoms with Crippen LogP contribution in [0.15, 0.2) is 12.7 Å². The summed E-state index contributed by atoms with van der Waals surface area (Å²) < 4.78 is 5.62. The van der Waals surface area contributed by atoms with E-state index in [2.05, 4.69) is 12.6 Å². The molecule has 3 nitrogen and oxygen atoms in total. The maximum Gasteiger partial charge on any atom is 0.330 e. The van der Waals surface area contributed by atoms with E-state index in [9.17, 15) is 10.1 Å². The summed E-state index contributed by atoms with van der Waals surface area (Å²) in [5.41, 5.74) is -0.491. The fourth-order valence-electron chi connectivity index (χ4n) is 4.58. The fourth-order valence-corrected chi connectivity index (χ4v) is 4.58. The maximum absolute atomic E-state index is 11.5. The Morgan fingerprint density at radius 2 is 2.00 bits per heavy atom. The molecule has 0 aliphatic heterocycles. The molecule has 0 saturated heterocycles. The lowest BCUT2D eigenvalue weighted by Crippen LogP contribution is -2.58. The minimum atomic E-state index is -0.491. The number of nitriles is 1. The van der Waals surface area contributed by atoms with E-state index in [0.29, 0.717) is 17.8 Å². The highest BCUT2D eigenvalue weighted by molar-refractivity contribution is 5.81. The van der Waals surface area contributed by atoms with Crippen LogP contribution in [0.25, 0.3) is 0 Å². The first-order valence-corrected chi connectivity index (χ1v) is 6.42. The number of hydrogen-bond donors (Lipinski definition) is 0. The van der Waals surface area contributed by atoms with E-state index in [4.69, 9.17) is 4.74 Å². The molecule has 4 saturated carbocycles. The number of esters is 1. The lowest BCUT2D eigenvalue weighted by Gasteiger charge is -2.58. The van der Waals surface area contributed by atoms with Crippen molar-refractivity contribution in [1.29, 1.82) is 5.26 Å². The van der Waals surface area contributed by atoms with Crippen molar-refractivity contribution in [2.24, 2.45) is 23.7 Å². The third-order valence-electron chi connectivity index (χ3n) is 4.86. The van der Waals surface area contributed by atoms with Gasteiger partial charge in [-0.1, -0.05) is 6.58 Å². The molecular weight excluding hydrogens is 214 g/mol. The van der Waals surface area contributed by atoms with Crippen molar-refractivity contribution in [2.75, 3.05) is 0 Å². The SMILES string of the molecule is C=CC(=O)OC12CC3CC(CC(C3)C1C#N)C2. The van der Waals surface area contributed by atoms with Crippen molar-refractivity contribution < 1.29 is 9.53 Å². The third kappa shape index (κ3) is 1.50. The van der Waals surface area contributed by atoms with Crippen molar-refractivity contribution in [3.63, 3.8) is 0 Å². The van der Waals surface area contributed by atoms with Crippen molar-refractivity contribution in [3.8, 4) is 6.07 Å². The van der Waals surface area contributed by atoms with Crippen LogP contribution in [-0.4, -0.2) is 11.6 Å². The Morgan fingerprint density at radius 3 is 2.53 bits per heavy atom. The van der Waals surface area contributed by atoms with Crippen LogP contribution in [0.2, 0.25) is 0 Å². The molecule has 4 aliphatic carbocycles. The molecule has 4 fully saturated rings. The number of hydrogen-bond acceptors (Lipinski definition) is 3. The zero-order valence-electron chi connectivity index (χ0n) is 9.89. The van der Waals surface area contributed by atoms with Crippen molar-refractivity contribution in [2.45, 2.75) is 37.7 Å². The number of nitrogens with zero attached hydrogens (tertiary/aromatic N) is 1. The third-order valence-corrected chi connectivity index (χ3v) is 4.86. The van der Waals surface area contributed by atoms with Gasteiger partial charge in [-0.3, -0.25) is 0 Å². The molecule has 0 spiro atoms. The molecule has 0 radical (unpaired) electrons. The Morgan fingerprint density at radius 1 is 1.35 bits per heavy atom. The second kappa shape index (κ2) is 3.60. The largest absolute Gasteiger partial charge is 0.454 e. The lowest BCUT2D eigenvalue weighted by atomic mass is 9.50. The summed E-state index contributed by atoms with van der Waals surface area (Å²) in [5.74, 6) is 1.31. The van der Waals surface area contributed by atoms with Crippen LogP contribution < -0.4 is 0 Å². The van der Waals surface area contributed by atoms with Gasteiger partial charge in [-0.15, -0.1) is 0 Å². The molecule has 3 atom stereocenters. The van der Waals surface area contributed by atoms with E-state index in [1.165, 1.54) is 12.5 Å². The summed E-state index contributed by atoms with van der Waals surface area (Å²) in [6.07, 6.45) is 6.56. The van der Waals surface area contributed by atoms with Crippen LogP contribution in [0, 0.1) is 35.0 Å². The van der Waals surface area contributed by atoms with Gasteiger partial charge in [0.2, 0.25) is 0 Å². The number of carbonyl (C=O) groups excluding carboxylic acids is 1. The van der Waals surface area contributed by atoms with Gasteiger partial charge in [-0.05, 0) is 49.9 Å². The van der Waals surface area contributed by atoms with E-state index in [1.54, 1.807) is 0 Å². The molecule has 0 N–H and O–H groups in total. The van der Waals surface area contributed by atoms with Gasteiger partial charge in [-0.2, -0.15) is 5.26 Å². The van der Waals surface area contributed by atoms with Gasteiger partial charge in [0.15, 0.2) is 0 Å². The Balaban J connectivity index is 1.92. The lowest BCUT2D eigenvalue weighted by molar-refractivity contribution is -0.194. The predicted octanol–water partition coefficient (Wildman–Crippen LogP) is 2.43. The van der Waals surface area contributed by atoms with Gasteiger partial charge >= 0.3 is 5.97 Å². The van der Waals surface area contributed by atoms with Crippen LogP contribution in [0.3, 0.4) is 0 Å². The van der Waals surface area contributed by atoms with E-state index in [1.807, 2.05) is 0 Å². The highest BCUT2D eigenvalue weighted by atomic mass is 16.6. The van der Waals surface area contributed by atoms with Gasteiger partial charge in [0.05, 0.1) is 12.0 Å². The first-order chi connectivity index (χ1) is 8.16. The zero-order valence-corrected chi connectivity index (χ0v) is 9.89. The molecule has 4 rings (SSSR count). The second-order valence-corrected chi connectivity index (χ2v) is 5.90. The van der Waals surface area contributed by atoms with Gasteiger partial charge in [0, 0.05) is 6.08 Å². The van der Waals surface area contributed by atoms with Gasteiger partial charge in [0.25, 0.3) is 0 Å². The van der Waals surface area contributed by atoms with Crippen LogP contribution in [0.1, 0.15) is 32.1 Å². The summed E-state index contributed by atoms with van der Waals surface area (Å²) in [7, 11) is 0. The van der Waals surface area contributed by atoms with E-state index in [-0.39, 0.29) is 11.9 Å². The Hall–Kier alpha value is -1.30. The highest BCUT2D eigenvalue weighted by Crippen LogP contribution is 2.59. The molecule has 0 heterocycles. The van der Waals surface area contributed by atoms with Crippen molar-refractivity contribution in [1.82, 2.24) is 0 Å². The summed E-state index contributed by atoms with van der Waals surface area (Å²) in [5, 5.41) is 9.38. The average Bonchev–Trinajstić information content (AvgIpc) is 2.27. The highest BCUT2D eigenvalue weighted by Gasteiger charge is 2.59. The van der Waals surface area contributed by atoms with E-state index in [0.717, 1.165) is 25.7 Å². The van der Waals surface area contributed by atoms with Crippen LogP contribution in [0.5, 0.6) is 0 Å². The summed E-state index contributed by atoms with van der Waals surface area (Å²) in [6, 6.07) is 2.41. The maximum atomic E-state index is 11.5. The van der Waals surface area contributed by atoms with Gasteiger partial charge in [0.1, 0.15) is 5.60 Å². The van der Waals surface area contributed by atoms with Crippen LogP contribution in [0.4, 0.5) is 0 Å². The first-order valence-electron chi connectivity index (χ1n) is 6.42. The minimum absolute atomic E-state index is 0.0980. The predicted molar refractivity (Wildman–Crippen MR) is 61.7 cm³/mol. The van der Waals surface area contributed by atoms with E-state index < -0.39 is 5.60 Å². The molecule has 3 unspecified atom stereocenters. The van der Waals surface area contributed by atoms with Gasteiger partial charge < -0.3 is 4.74 Å². The Bertz CT molecular complexity index is 395. The molecule has 17 heavy (non-hydrogen) atoms. The van der Waals surface area contributed by atoms with Gasteiger partial charge in [-0.25, -0.2) is 4.79 Å². The normalized spacial score (nSPS) is 46.3.